The van der Waals surface area contributed by atoms with Crippen molar-refractivity contribution in [3.8, 4) is 5.75 Å². The van der Waals surface area contributed by atoms with Gasteiger partial charge >= 0.3 is 0 Å². The lowest BCUT2D eigenvalue weighted by molar-refractivity contribution is -0.117. The molecule has 0 saturated heterocycles. The van der Waals surface area contributed by atoms with Crippen LogP contribution < -0.4 is 10.5 Å². The van der Waals surface area contributed by atoms with E-state index in [-0.39, 0.29) is 12.3 Å². The highest BCUT2D eigenvalue weighted by atomic mass is 16.5. The van der Waals surface area contributed by atoms with E-state index in [1.807, 2.05) is 31.2 Å². The molecule has 2 N–H and O–H groups in total. The highest BCUT2D eigenvalue weighted by Crippen LogP contribution is 2.12. The molecule has 4 heteroatoms. The summed E-state index contributed by atoms with van der Waals surface area (Å²) in [5.74, 6) is 0.477. The zero-order valence-corrected chi connectivity index (χ0v) is 10.1. The van der Waals surface area contributed by atoms with Crippen molar-refractivity contribution >= 4 is 5.91 Å². The Kier molecular flexibility index (Phi) is 6.10. The normalized spacial score (nSPS) is 10.2. The van der Waals surface area contributed by atoms with Gasteiger partial charge in [0.05, 0.1) is 13.0 Å². The summed E-state index contributed by atoms with van der Waals surface area (Å²) in [4.78, 5) is 10.7. The van der Waals surface area contributed by atoms with E-state index in [1.165, 1.54) is 0 Å². The Morgan fingerprint density at radius 3 is 2.53 bits per heavy atom. The van der Waals surface area contributed by atoms with Crippen LogP contribution in [0.4, 0.5) is 0 Å². The first-order valence-corrected chi connectivity index (χ1v) is 5.80. The number of hydrogen-bond acceptors (Lipinski definition) is 3. The minimum absolute atomic E-state index is 0.268. The fourth-order valence-corrected chi connectivity index (χ4v) is 1.40. The first-order chi connectivity index (χ1) is 8.22. The van der Waals surface area contributed by atoms with Gasteiger partial charge in [0, 0.05) is 19.6 Å². The Labute approximate surface area is 102 Å². The van der Waals surface area contributed by atoms with Crippen LogP contribution in [0, 0.1) is 0 Å². The number of rotatable bonds is 8. The molecule has 0 unspecified atom stereocenters. The van der Waals surface area contributed by atoms with Crippen molar-refractivity contribution in [1.82, 2.24) is 0 Å². The van der Waals surface area contributed by atoms with Crippen molar-refractivity contribution in [1.29, 1.82) is 0 Å². The summed E-state index contributed by atoms with van der Waals surface area (Å²) in [7, 11) is 0. The average molecular weight is 237 g/mol. The molecule has 0 aliphatic carbocycles. The molecule has 0 radical (unpaired) electrons. The number of amides is 1. The molecule has 4 nitrogen and oxygen atoms in total. The van der Waals surface area contributed by atoms with Gasteiger partial charge < -0.3 is 15.2 Å². The van der Waals surface area contributed by atoms with Gasteiger partial charge in [-0.2, -0.15) is 0 Å². The molecular formula is C13H19NO3. The van der Waals surface area contributed by atoms with Crippen molar-refractivity contribution in [2.45, 2.75) is 19.8 Å². The molecule has 17 heavy (non-hydrogen) atoms. The standard InChI is InChI=1S/C13H19NO3/c1-2-16-8-3-9-17-12-6-4-11(5-7-12)10-13(14)15/h4-7H,2-3,8-10H2,1H3,(H2,14,15). The summed E-state index contributed by atoms with van der Waals surface area (Å²) >= 11 is 0. The number of carbonyl (C=O) groups is 1. The van der Waals surface area contributed by atoms with Crippen molar-refractivity contribution in [3.63, 3.8) is 0 Å². The lowest BCUT2D eigenvalue weighted by Crippen LogP contribution is -2.13. The minimum Gasteiger partial charge on any atom is -0.494 e. The Hall–Kier alpha value is -1.55. The van der Waals surface area contributed by atoms with Gasteiger partial charge in [0.15, 0.2) is 0 Å². The van der Waals surface area contributed by atoms with Crippen LogP contribution in [0.25, 0.3) is 0 Å². The monoisotopic (exact) mass is 237 g/mol. The summed E-state index contributed by atoms with van der Waals surface area (Å²) in [6.45, 7) is 4.06. The van der Waals surface area contributed by atoms with E-state index in [4.69, 9.17) is 15.2 Å². The molecule has 0 aliphatic heterocycles. The maximum atomic E-state index is 10.7. The van der Waals surface area contributed by atoms with E-state index in [1.54, 1.807) is 0 Å². The first kappa shape index (κ1) is 13.5. The number of hydrogen-bond donors (Lipinski definition) is 1. The molecule has 94 valence electrons. The third-order valence-electron chi connectivity index (χ3n) is 2.21. The third kappa shape index (κ3) is 5.92. The van der Waals surface area contributed by atoms with Gasteiger partial charge in [-0.05, 0) is 24.6 Å². The molecule has 0 fully saturated rings. The van der Waals surface area contributed by atoms with E-state index >= 15 is 0 Å². The first-order valence-electron chi connectivity index (χ1n) is 5.80. The summed E-state index contributed by atoms with van der Waals surface area (Å²) in [6.07, 6.45) is 1.14. The Bertz CT molecular complexity index is 335. The van der Waals surface area contributed by atoms with Crippen LogP contribution in [0.3, 0.4) is 0 Å². The molecule has 0 aromatic heterocycles. The number of benzene rings is 1. The molecule has 1 rings (SSSR count). The minimum atomic E-state index is -0.324. The Morgan fingerprint density at radius 1 is 1.24 bits per heavy atom. The van der Waals surface area contributed by atoms with Crippen molar-refractivity contribution in [3.05, 3.63) is 29.8 Å². The smallest absolute Gasteiger partial charge is 0.221 e. The van der Waals surface area contributed by atoms with Crippen molar-refractivity contribution in [2.75, 3.05) is 19.8 Å². The quantitative estimate of drug-likeness (QED) is 0.697. The lowest BCUT2D eigenvalue weighted by Gasteiger charge is -2.06. The maximum absolute atomic E-state index is 10.7. The van der Waals surface area contributed by atoms with Crippen LogP contribution in [0.2, 0.25) is 0 Å². The largest absolute Gasteiger partial charge is 0.494 e. The van der Waals surface area contributed by atoms with Crippen LogP contribution in [0.5, 0.6) is 5.75 Å². The van der Waals surface area contributed by atoms with E-state index in [0.29, 0.717) is 6.61 Å². The van der Waals surface area contributed by atoms with Gasteiger partial charge in [-0.3, -0.25) is 4.79 Å². The number of ether oxygens (including phenoxy) is 2. The van der Waals surface area contributed by atoms with Crippen LogP contribution in [0.1, 0.15) is 18.9 Å². The predicted molar refractivity (Wildman–Crippen MR) is 65.9 cm³/mol. The van der Waals surface area contributed by atoms with Gasteiger partial charge in [0.25, 0.3) is 0 Å². The molecule has 0 atom stereocenters. The second kappa shape index (κ2) is 7.68. The van der Waals surface area contributed by atoms with E-state index in [0.717, 1.165) is 30.9 Å². The number of carbonyl (C=O) groups excluding carboxylic acids is 1. The molecule has 1 aromatic rings. The van der Waals surface area contributed by atoms with Crippen LogP contribution in [-0.2, 0) is 16.0 Å². The molecule has 1 amide bonds. The van der Waals surface area contributed by atoms with Gasteiger partial charge in [0.1, 0.15) is 5.75 Å². The SMILES string of the molecule is CCOCCCOc1ccc(CC(N)=O)cc1. The zero-order chi connectivity index (χ0) is 12.5. The molecule has 0 aliphatic rings. The lowest BCUT2D eigenvalue weighted by atomic mass is 10.1. The van der Waals surface area contributed by atoms with Crippen molar-refractivity contribution < 1.29 is 14.3 Å². The highest BCUT2D eigenvalue weighted by molar-refractivity contribution is 5.76. The van der Waals surface area contributed by atoms with Gasteiger partial charge in [-0.1, -0.05) is 12.1 Å². The topological polar surface area (TPSA) is 61.6 Å². The van der Waals surface area contributed by atoms with E-state index in [2.05, 4.69) is 0 Å². The van der Waals surface area contributed by atoms with Gasteiger partial charge in [0.2, 0.25) is 5.91 Å². The molecule has 0 bridgehead atoms. The summed E-state index contributed by atoms with van der Waals surface area (Å²) in [5, 5.41) is 0. The second-order valence-corrected chi connectivity index (χ2v) is 3.69. The van der Waals surface area contributed by atoms with Crippen LogP contribution >= 0.6 is 0 Å². The molecule has 0 heterocycles. The fraction of sp³-hybridized carbons (Fsp3) is 0.462. The second-order valence-electron chi connectivity index (χ2n) is 3.69. The van der Waals surface area contributed by atoms with Crippen LogP contribution in [0.15, 0.2) is 24.3 Å². The Balaban J connectivity index is 2.28. The zero-order valence-electron chi connectivity index (χ0n) is 10.1. The average Bonchev–Trinajstić information content (AvgIpc) is 2.30. The third-order valence-corrected chi connectivity index (χ3v) is 2.21. The molecule has 0 spiro atoms. The molecular weight excluding hydrogens is 218 g/mol. The van der Waals surface area contributed by atoms with E-state index < -0.39 is 0 Å². The van der Waals surface area contributed by atoms with E-state index in [9.17, 15) is 4.79 Å². The number of nitrogens with two attached hydrogens (primary N) is 1. The summed E-state index contributed by atoms with van der Waals surface area (Å²) < 4.78 is 10.7. The summed E-state index contributed by atoms with van der Waals surface area (Å²) in [6, 6.07) is 7.39. The summed E-state index contributed by atoms with van der Waals surface area (Å²) in [5.41, 5.74) is 6.01. The van der Waals surface area contributed by atoms with Crippen molar-refractivity contribution in [2.24, 2.45) is 5.73 Å². The number of primary amides is 1. The van der Waals surface area contributed by atoms with Gasteiger partial charge in [-0.25, -0.2) is 0 Å². The molecule has 0 saturated carbocycles. The maximum Gasteiger partial charge on any atom is 0.221 e. The van der Waals surface area contributed by atoms with Crippen LogP contribution in [-0.4, -0.2) is 25.7 Å². The van der Waals surface area contributed by atoms with Gasteiger partial charge in [-0.15, -0.1) is 0 Å². The highest BCUT2D eigenvalue weighted by Gasteiger charge is 1.99. The predicted octanol–water partition coefficient (Wildman–Crippen LogP) is 1.52. The fourth-order valence-electron chi connectivity index (χ4n) is 1.40. The Morgan fingerprint density at radius 2 is 1.94 bits per heavy atom. The molecule has 1 aromatic carbocycles.